The molecule has 2 heterocycles. The summed E-state index contributed by atoms with van der Waals surface area (Å²) >= 11 is 3.71. The van der Waals surface area contributed by atoms with E-state index in [1.807, 2.05) is 22.7 Å². The number of hydrogen-bond acceptors (Lipinski definition) is 4. The molecule has 2 aromatic rings. The zero-order valence-electron chi connectivity index (χ0n) is 13.2. The molecule has 21 heavy (non-hydrogen) atoms. The third-order valence-corrected chi connectivity index (χ3v) is 5.72. The van der Waals surface area contributed by atoms with Crippen molar-refractivity contribution in [1.29, 1.82) is 0 Å². The van der Waals surface area contributed by atoms with Crippen LogP contribution in [-0.2, 0) is 6.42 Å². The Morgan fingerprint density at radius 2 is 1.90 bits per heavy atom. The molecule has 1 N–H and O–H groups in total. The van der Waals surface area contributed by atoms with E-state index in [2.05, 4.69) is 66.1 Å². The third-order valence-electron chi connectivity index (χ3n) is 3.83. The molecule has 0 amide bonds. The maximum atomic E-state index is 3.75. The number of nitrogens with zero attached hydrogens (tertiary/aromatic N) is 1. The lowest BCUT2D eigenvalue weighted by atomic mass is 10.1. The van der Waals surface area contributed by atoms with Gasteiger partial charge in [0.15, 0.2) is 0 Å². The van der Waals surface area contributed by atoms with Gasteiger partial charge in [0.1, 0.15) is 0 Å². The average molecular weight is 323 g/mol. The summed E-state index contributed by atoms with van der Waals surface area (Å²) in [6.07, 6.45) is 2.29. The molecule has 0 aromatic carbocycles. The van der Waals surface area contributed by atoms with E-state index in [1.165, 1.54) is 16.2 Å². The van der Waals surface area contributed by atoms with Crippen LogP contribution in [0.2, 0.25) is 0 Å². The van der Waals surface area contributed by atoms with Crippen molar-refractivity contribution in [2.24, 2.45) is 0 Å². The summed E-state index contributed by atoms with van der Waals surface area (Å²) in [6.45, 7) is 6.73. The van der Waals surface area contributed by atoms with Gasteiger partial charge in [0.2, 0.25) is 0 Å². The van der Waals surface area contributed by atoms with Gasteiger partial charge in [-0.1, -0.05) is 12.1 Å². The quantitative estimate of drug-likeness (QED) is 0.688. The molecule has 0 aliphatic rings. The molecule has 0 bridgehead atoms. The van der Waals surface area contributed by atoms with Gasteiger partial charge < -0.3 is 10.2 Å². The highest BCUT2D eigenvalue weighted by Crippen LogP contribution is 2.24. The Hall–Kier alpha value is -0.680. The fourth-order valence-corrected chi connectivity index (χ4v) is 3.81. The molecular weight excluding hydrogens is 296 g/mol. The Morgan fingerprint density at radius 3 is 2.52 bits per heavy atom. The summed E-state index contributed by atoms with van der Waals surface area (Å²) in [7, 11) is 2.20. The highest BCUT2D eigenvalue weighted by Gasteiger charge is 2.13. The van der Waals surface area contributed by atoms with Gasteiger partial charge in [0, 0.05) is 28.3 Å². The number of hydrogen-bond donors (Lipinski definition) is 1. The predicted octanol–water partition coefficient (Wildman–Crippen LogP) is 4.41. The largest absolute Gasteiger partial charge is 0.309 e. The first-order valence-corrected chi connectivity index (χ1v) is 9.42. The van der Waals surface area contributed by atoms with E-state index in [0.29, 0.717) is 12.1 Å². The minimum Gasteiger partial charge on any atom is -0.309 e. The van der Waals surface area contributed by atoms with Gasteiger partial charge in [-0.05, 0) is 63.3 Å². The summed E-state index contributed by atoms with van der Waals surface area (Å²) in [5.74, 6) is 0. The van der Waals surface area contributed by atoms with Gasteiger partial charge in [-0.2, -0.15) is 0 Å². The first kappa shape index (κ1) is 16.7. The van der Waals surface area contributed by atoms with E-state index in [0.717, 1.165) is 19.5 Å². The minimum atomic E-state index is 0.452. The maximum Gasteiger partial charge on any atom is 0.0463 e. The van der Waals surface area contributed by atoms with Crippen molar-refractivity contribution in [3.05, 3.63) is 44.8 Å². The van der Waals surface area contributed by atoms with Crippen LogP contribution >= 0.6 is 22.7 Å². The summed E-state index contributed by atoms with van der Waals surface area (Å²) in [6, 6.07) is 9.85. The van der Waals surface area contributed by atoms with E-state index in [-0.39, 0.29) is 0 Å². The van der Waals surface area contributed by atoms with Gasteiger partial charge in [0.25, 0.3) is 0 Å². The Morgan fingerprint density at radius 1 is 1.14 bits per heavy atom. The third kappa shape index (κ3) is 5.55. The van der Waals surface area contributed by atoms with Gasteiger partial charge >= 0.3 is 0 Å². The van der Waals surface area contributed by atoms with Crippen LogP contribution < -0.4 is 5.32 Å². The van der Waals surface area contributed by atoms with Crippen molar-refractivity contribution in [2.75, 3.05) is 20.1 Å². The molecule has 0 spiro atoms. The first-order valence-electron chi connectivity index (χ1n) is 7.66. The molecule has 1 unspecified atom stereocenters. The molecule has 0 fully saturated rings. The van der Waals surface area contributed by atoms with E-state index in [4.69, 9.17) is 0 Å². The zero-order chi connectivity index (χ0) is 15.1. The minimum absolute atomic E-state index is 0.452. The number of thiophene rings is 2. The van der Waals surface area contributed by atoms with E-state index in [1.54, 1.807) is 0 Å². The van der Waals surface area contributed by atoms with Crippen LogP contribution in [0.4, 0.5) is 0 Å². The summed E-state index contributed by atoms with van der Waals surface area (Å²) in [4.78, 5) is 5.31. The van der Waals surface area contributed by atoms with Crippen LogP contribution in [0.5, 0.6) is 0 Å². The summed E-state index contributed by atoms with van der Waals surface area (Å²) in [5.41, 5.74) is 0. The second kappa shape index (κ2) is 8.69. The normalized spacial score (nSPS) is 13.2. The monoisotopic (exact) mass is 322 g/mol. The molecule has 116 valence electrons. The second-order valence-corrected chi connectivity index (χ2v) is 7.75. The SMILES string of the molecule is CC(C)N(C)CCCNC(Cc1cccs1)c1cccs1. The van der Waals surface area contributed by atoms with Crippen molar-refractivity contribution in [1.82, 2.24) is 10.2 Å². The van der Waals surface area contributed by atoms with Gasteiger partial charge in [-0.15, -0.1) is 22.7 Å². The molecule has 0 aliphatic heterocycles. The Kier molecular flexibility index (Phi) is 6.90. The molecule has 0 aliphatic carbocycles. The molecule has 2 rings (SSSR count). The zero-order valence-corrected chi connectivity index (χ0v) is 14.8. The van der Waals surface area contributed by atoms with Crippen molar-refractivity contribution < 1.29 is 0 Å². The first-order chi connectivity index (χ1) is 10.2. The topological polar surface area (TPSA) is 15.3 Å². The summed E-state index contributed by atoms with van der Waals surface area (Å²) in [5, 5.41) is 8.08. The Bertz CT molecular complexity index is 477. The van der Waals surface area contributed by atoms with Crippen LogP contribution in [0.25, 0.3) is 0 Å². The fourth-order valence-electron chi connectivity index (χ4n) is 2.26. The van der Waals surface area contributed by atoms with E-state index < -0.39 is 0 Å². The molecular formula is C17H26N2S2. The maximum absolute atomic E-state index is 3.75. The summed E-state index contributed by atoms with van der Waals surface area (Å²) < 4.78 is 0. The lowest BCUT2D eigenvalue weighted by Crippen LogP contribution is -2.30. The average Bonchev–Trinajstić information content (AvgIpc) is 3.14. The molecule has 2 aromatic heterocycles. The highest BCUT2D eigenvalue weighted by atomic mass is 32.1. The van der Waals surface area contributed by atoms with E-state index in [9.17, 15) is 0 Å². The van der Waals surface area contributed by atoms with Crippen molar-refractivity contribution in [2.45, 2.75) is 38.8 Å². The standard InChI is InChI=1S/C17H26N2S2/c1-14(2)19(3)10-6-9-18-16(17-8-5-12-21-17)13-15-7-4-11-20-15/h4-5,7-8,11-12,14,16,18H,6,9-10,13H2,1-3H3. The van der Waals surface area contributed by atoms with Crippen molar-refractivity contribution >= 4 is 22.7 Å². The van der Waals surface area contributed by atoms with Gasteiger partial charge in [-0.25, -0.2) is 0 Å². The van der Waals surface area contributed by atoms with Crippen LogP contribution in [0, 0.1) is 0 Å². The molecule has 2 nitrogen and oxygen atoms in total. The van der Waals surface area contributed by atoms with Crippen molar-refractivity contribution in [3.8, 4) is 0 Å². The van der Waals surface area contributed by atoms with Gasteiger partial charge in [-0.3, -0.25) is 0 Å². The predicted molar refractivity (Wildman–Crippen MR) is 95.5 cm³/mol. The van der Waals surface area contributed by atoms with Gasteiger partial charge in [0.05, 0.1) is 0 Å². The van der Waals surface area contributed by atoms with E-state index >= 15 is 0 Å². The molecule has 0 radical (unpaired) electrons. The van der Waals surface area contributed by atoms with Crippen LogP contribution in [0.15, 0.2) is 35.0 Å². The lowest BCUT2D eigenvalue weighted by molar-refractivity contribution is 0.268. The molecule has 1 atom stereocenters. The molecule has 0 saturated carbocycles. The molecule has 0 saturated heterocycles. The second-order valence-electron chi connectivity index (χ2n) is 5.73. The lowest BCUT2D eigenvalue weighted by Gasteiger charge is -2.22. The van der Waals surface area contributed by atoms with Crippen LogP contribution in [0.3, 0.4) is 0 Å². The van der Waals surface area contributed by atoms with Crippen LogP contribution in [-0.4, -0.2) is 31.1 Å². The number of nitrogens with one attached hydrogen (secondary N) is 1. The number of rotatable bonds is 9. The fraction of sp³-hybridized carbons (Fsp3) is 0.529. The van der Waals surface area contributed by atoms with Crippen LogP contribution in [0.1, 0.15) is 36.1 Å². The smallest absolute Gasteiger partial charge is 0.0463 e. The highest BCUT2D eigenvalue weighted by molar-refractivity contribution is 7.10. The molecule has 4 heteroatoms. The Balaban J connectivity index is 1.82. The Labute approximate surface area is 136 Å². The van der Waals surface area contributed by atoms with Crippen molar-refractivity contribution in [3.63, 3.8) is 0 Å².